The summed E-state index contributed by atoms with van der Waals surface area (Å²) in [6, 6.07) is 15.1. The zero-order chi connectivity index (χ0) is 28.2. The van der Waals surface area contributed by atoms with Gasteiger partial charge in [0, 0.05) is 18.6 Å². The zero-order valence-electron chi connectivity index (χ0n) is 21.3. The molecule has 1 atom stereocenters. The number of hydrogen-bond acceptors (Lipinski definition) is 4. The topological polar surface area (TPSA) is 86.8 Å². The monoisotopic (exact) mass is 595 g/mol. The van der Waals surface area contributed by atoms with Crippen LogP contribution in [0.15, 0.2) is 65.6 Å². The summed E-state index contributed by atoms with van der Waals surface area (Å²) in [5.41, 5.74) is 2.38. The number of rotatable bonds is 9. The lowest BCUT2D eigenvalue weighted by molar-refractivity contribution is -0.139. The second kappa shape index (κ2) is 12.4. The molecular formula is C27H28Cl3N3O4S. The Morgan fingerprint density at radius 2 is 1.58 bits per heavy atom. The van der Waals surface area contributed by atoms with E-state index in [1.165, 1.54) is 24.1 Å². The van der Waals surface area contributed by atoms with Gasteiger partial charge in [0.25, 0.3) is 10.0 Å². The molecule has 0 spiro atoms. The normalized spacial score (nSPS) is 12.1. The fourth-order valence-electron chi connectivity index (χ4n) is 3.88. The maximum absolute atomic E-state index is 13.9. The number of halogens is 3. The Balaban J connectivity index is 2.07. The van der Waals surface area contributed by atoms with E-state index in [0.717, 1.165) is 9.87 Å². The van der Waals surface area contributed by atoms with E-state index in [0.29, 0.717) is 31.9 Å². The molecule has 0 fully saturated rings. The van der Waals surface area contributed by atoms with E-state index in [9.17, 15) is 18.0 Å². The van der Waals surface area contributed by atoms with Crippen LogP contribution in [0.4, 0.5) is 5.69 Å². The van der Waals surface area contributed by atoms with Gasteiger partial charge in [-0.1, -0.05) is 58.6 Å². The molecule has 1 N–H and O–H groups in total. The molecule has 0 aliphatic heterocycles. The summed E-state index contributed by atoms with van der Waals surface area (Å²) in [4.78, 5) is 27.7. The highest BCUT2D eigenvalue weighted by molar-refractivity contribution is 7.92. The zero-order valence-corrected chi connectivity index (χ0v) is 24.4. The Labute approximate surface area is 238 Å². The number of sulfonamides is 1. The van der Waals surface area contributed by atoms with Gasteiger partial charge < -0.3 is 10.2 Å². The first kappa shape index (κ1) is 29.8. The van der Waals surface area contributed by atoms with E-state index in [2.05, 4.69) is 5.32 Å². The van der Waals surface area contributed by atoms with Crippen LogP contribution in [-0.2, 0) is 26.2 Å². The lowest BCUT2D eigenvalue weighted by Gasteiger charge is -2.32. The van der Waals surface area contributed by atoms with Crippen molar-refractivity contribution in [1.29, 1.82) is 0 Å². The standard InChI is InChI=1S/C27H28Cl3N3O4S/c1-17-5-9-22(10-6-17)38(36,37)33(25-12-8-21(28)13-18(25)2)16-26(34)32(19(3)27(35)31-4)15-20-7-11-23(29)24(30)14-20/h5-14,19H,15-16H2,1-4H3,(H,31,35)/t19-/m0/s1. The van der Waals surface area contributed by atoms with Crippen molar-refractivity contribution >= 4 is 62.3 Å². The fourth-order valence-corrected chi connectivity index (χ4v) is 5.90. The highest BCUT2D eigenvalue weighted by atomic mass is 35.5. The maximum atomic E-state index is 13.9. The second-order valence-electron chi connectivity index (χ2n) is 8.82. The number of hydrogen-bond donors (Lipinski definition) is 1. The van der Waals surface area contributed by atoms with Crippen molar-refractivity contribution < 1.29 is 18.0 Å². The first-order valence-electron chi connectivity index (χ1n) is 11.7. The fraction of sp³-hybridized carbons (Fsp3) is 0.259. The van der Waals surface area contributed by atoms with Crippen LogP contribution in [0.1, 0.15) is 23.6 Å². The van der Waals surface area contributed by atoms with Gasteiger partial charge in [-0.05, 0) is 74.4 Å². The number of carbonyl (C=O) groups is 2. The summed E-state index contributed by atoms with van der Waals surface area (Å²) in [6.45, 7) is 4.58. The van der Waals surface area contributed by atoms with Gasteiger partial charge in [-0.2, -0.15) is 0 Å². The molecule has 38 heavy (non-hydrogen) atoms. The number of anilines is 1. The van der Waals surface area contributed by atoms with Crippen LogP contribution in [0.3, 0.4) is 0 Å². The summed E-state index contributed by atoms with van der Waals surface area (Å²) in [7, 11) is -2.70. The van der Waals surface area contributed by atoms with Crippen molar-refractivity contribution in [3.8, 4) is 0 Å². The lowest BCUT2D eigenvalue weighted by atomic mass is 10.1. The minimum atomic E-state index is -4.17. The molecule has 0 heterocycles. The van der Waals surface area contributed by atoms with Gasteiger partial charge >= 0.3 is 0 Å². The minimum Gasteiger partial charge on any atom is -0.357 e. The van der Waals surface area contributed by atoms with Crippen molar-refractivity contribution in [1.82, 2.24) is 10.2 Å². The molecule has 0 saturated heterocycles. The molecule has 3 aromatic carbocycles. The minimum absolute atomic E-state index is 0.00231. The number of likely N-dealkylation sites (N-methyl/N-ethyl adjacent to an activating group) is 1. The molecule has 3 aromatic rings. The number of amides is 2. The van der Waals surface area contributed by atoms with E-state index in [1.54, 1.807) is 62.4 Å². The third-order valence-electron chi connectivity index (χ3n) is 6.07. The quantitative estimate of drug-likeness (QED) is 0.347. The van der Waals surface area contributed by atoms with Crippen LogP contribution >= 0.6 is 34.8 Å². The van der Waals surface area contributed by atoms with Crippen LogP contribution in [0.2, 0.25) is 15.1 Å². The molecule has 2 amide bonds. The van der Waals surface area contributed by atoms with Crippen molar-refractivity contribution in [3.63, 3.8) is 0 Å². The Kier molecular flexibility index (Phi) is 9.70. The predicted molar refractivity (Wildman–Crippen MR) is 152 cm³/mol. The van der Waals surface area contributed by atoms with Crippen LogP contribution in [0.5, 0.6) is 0 Å². The van der Waals surface area contributed by atoms with Crippen molar-refractivity contribution in [2.75, 3.05) is 17.9 Å². The van der Waals surface area contributed by atoms with Crippen molar-refractivity contribution in [3.05, 3.63) is 92.4 Å². The van der Waals surface area contributed by atoms with Gasteiger partial charge in [0.05, 0.1) is 20.6 Å². The average molecular weight is 597 g/mol. The SMILES string of the molecule is CNC(=O)[C@H](C)N(Cc1ccc(Cl)c(Cl)c1)C(=O)CN(c1ccc(Cl)cc1C)S(=O)(=O)c1ccc(C)cc1. The molecular weight excluding hydrogens is 569 g/mol. The predicted octanol–water partition coefficient (Wildman–Crippen LogP) is 5.62. The van der Waals surface area contributed by atoms with Gasteiger partial charge in [-0.3, -0.25) is 13.9 Å². The summed E-state index contributed by atoms with van der Waals surface area (Å²) >= 11 is 18.3. The van der Waals surface area contributed by atoms with Gasteiger partial charge in [0.1, 0.15) is 12.6 Å². The summed E-state index contributed by atoms with van der Waals surface area (Å²) in [5.74, 6) is -0.994. The largest absolute Gasteiger partial charge is 0.357 e. The van der Waals surface area contributed by atoms with E-state index >= 15 is 0 Å². The molecule has 0 aromatic heterocycles. The first-order valence-corrected chi connectivity index (χ1v) is 14.2. The highest BCUT2D eigenvalue weighted by Gasteiger charge is 2.33. The molecule has 0 unspecified atom stereocenters. The summed E-state index contributed by atoms with van der Waals surface area (Å²) < 4.78 is 28.7. The molecule has 0 radical (unpaired) electrons. The smallest absolute Gasteiger partial charge is 0.264 e. The number of nitrogens with one attached hydrogen (secondary N) is 1. The van der Waals surface area contributed by atoms with Gasteiger partial charge in [-0.25, -0.2) is 8.42 Å². The summed E-state index contributed by atoms with van der Waals surface area (Å²) in [5, 5.41) is 3.62. The van der Waals surface area contributed by atoms with Crippen LogP contribution in [0, 0.1) is 13.8 Å². The Morgan fingerprint density at radius 1 is 0.921 bits per heavy atom. The Bertz CT molecular complexity index is 1450. The molecule has 202 valence electrons. The Morgan fingerprint density at radius 3 is 2.16 bits per heavy atom. The third-order valence-corrected chi connectivity index (χ3v) is 8.81. The summed E-state index contributed by atoms with van der Waals surface area (Å²) in [6.07, 6.45) is 0. The Hall–Kier alpha value is -2.78. The first-order chi connectivity index (χ1) is 17.8. The molecule has 11 heteroatoms. The van der Waals surface area contributed by atoms with Gasteiger partial charge in [-0.15, -0.1) is 0 Å². The number of benzene rings is 3. The lowest BCUT2D eigenvalue weighted by Crippen LogP contribution is -2.50. The van der Waals surface area contributed by atoms with E-state index < -0.39 is 34.4 Å². The molecule has 0 aliphatic carbocycles. The molecule has 7 nitrogen and oxygen atoms in total. The van der Waals surface area contributed by atoms with E-state index in [4.69, 9.17) is 34.8 Å². The van der Waals surface area contributed by atoms with Crippen molar-refractivity contribution in [2.45, 2.75) is 38.3 Å². The van der Waals surface area contributed by atoms with Gasteiger partial charge in [0.15, 0.2) is 0 Å². The van der Waals surface area contributed by atoms with E-state index in [1.807, 2.05) is 6.92 Å². The van der Waals surface area contributed by atoms with Crippen LogP contribution in [-0.4, -0.2) is 44.8 Å². The van der Waals surface area contributed by atoms with Crippen molar-refractivity contribution in [2.24, 2.45) is 0 Å². The van der Waals surface area contributed by atoms with Gasteiger partial charge in [0.2, 0.25) is 11.8 Å². The molecule has 3 rings (SSSR count). The second-order valence-corrected chi connectivity index (χ2v) is 11.9. The number of carbonyl (C=O) groups excluding carboxylic acids is 2. The molecule has 0 bridgehead atoms. The average Bonchev–Trinajstić information content (AvgIpc) is 2.87. The van der Waals surface area contributed by atoms with Crippen LogP contribution < -0.4 is 9.62 Å². The van der Waals surface area contributed by atoms with E-state index in [-0.39, 0.29) is 11.4 Å². The third kappa shape index (κ3) is 6.80. The number of nitrogens with zero attached hydrogens (tertiary/aromatic N) is 2. The van der Waals surface area contributed by atoms with Crippen LogP contribution in [0.25, 0.3) is 0 Å². The maximum Gasteiger partial charge on any atom is 0.264 e. The molecule has 0 aliphatic rings. The highest BCUT2D eigenvalue weighted by Crippen LogP contribution is 2.30. The number of aryl methyl sites for hydroxylation is 2. The molecule has 0 saturated carbocycles.